The van der Waals surface area contributed by atoms with E-state index in [0.717, 1.165) is 11.3 Å². The second-order valence-corrected chi connectivity index (χ2v) is 8.80. The van der Waals surface area contributed by atoms with Gasteiger partial charge in [-0.2, -0.15) is 0 Å². The summed E-state index contributed by atoms with van der Waals surface area (Å²) < 4.78 is 24.9. The third-order valence-electron chi connectivity index (χ3n) is 5.89. The van der Waals surface area contributed by atoms with Crippen molar-refractivity contribution in [3.05, 3.63) is 69.6 Å². The monoisotopic (exact) mass is 482 g/mol. The average molecular weight is 483 g/mol. The van der Waals surface area contributed by atoms with Gasteiger partial charge in [0.25, 0.3) is 5.91 Å². The predicted octanol–water partition coefficient (Wildman–Crippen LogP) is 2.71. The molecular formula is C26H31FN4O4. The highest BCUT2D eigenvalue weighted by atomic mass is 19.1. The number of carbonyl (C=O) groups excluding carboxylic acids is 1. The van der Waals surface area contributed by atoms with Crippen LogP contribution in [0.25, 0.3) is 11.0 Å². The smallest absolute Gasteiger partial charge is 0.251 e. The number of fused-ring (bicyclic) bond motifs is 1. The van der Waals surface area contributed by atoms with Gasteiger partial charge in [-0.15, -0.1) is 0 Å². The van der Waals surface area contributed by atoms with E-state index in [1.54, 1.807) is 24.3 Å². The summed E-state index contributed by atoms with van der Waals surface area (Å²) in [5.41, 5.74) is 2.23. The molecule has 186 valence electrons. The highest BCUT2D eigenvalue weighted by molar-refractivity contribution is 5.98. The molecule has 2 N–H and O–H groups in total. The van der Waals surface area contributed by atoms with E-state index in [-0.39, 0.29) is 17.2 Å². The number of benzene rings is 2. The van der Waals surface area contributed by atoms with Crippen molar-refractivity contribution >= 4 is 28.4 Å². The number of carbonyl (C=O) groups is 1. The molecule has 1 amide bonds. The first-order chi connectivity index (χ1) is 16.9. The number of anilines is 2. The van der Waals surface area contributed by atoms with E-state index < -0.39 is 0 Å². The van der Waals surface area contributed by atoms with Gasteiger partial charge in [0.1, 0.15) is 11.4 Å². The van der Waals surface area contributed by atoms with E-state index in [9.17, 15) is 14.0 Å². The van der Waals surface area contributed by atoms with Crippen molar-refractivity contribution in [2.45, 2.75) is 6.42 Å². The SMILES string of the molecule is CN(C)CCNC(=O)c1cc(CCNc2ccc(F)cc2)c2oc(N3CCOCC3)cc(=O)c2c1. The number of ether oxygens (including phenoxy) is 1. The summed E-state index contributed by atoms with van der Waals surface area (Å²) in [5, 5.41) is 6.53. The van der Waals surface area contributed by atoms with Crippen LogP contribution in [-0.4, -0.2) is 70.8 Å². The van der Waals surface area contributed by atoms with Gasteiger partial charge in [0.05, 0.1) is 18.6 Å². The van der Waals surface area contributed by atoms with Crippen LogP contribution >= 0.6 is 0 Å². The molecule has 2 aromatic carbocycles. The number of halogens is 1. The van der Waals surface area contributed by atoms with E-state index in [0.29, 0.717) is 74.8 Å². The van der Waals surface area contributed by atoms with E-state index in [4.69, 9.17) is 9.15 Å². The lowest BCUT2D eigenvalue weighted by atomic mass is 10.0. The summed E-state index contributed by atoms with van der Waals surface area (Å²) in [6.07, 6.45) is 0.502. The van der Waals surface area contributed by atoms with Gasteiger partial charge in [0.15, 0.2) is 11.3 Å². The van der Waals surface area contributed by atoms with Crippen LogP contribution in [0, 0.1) is 5.82 Å². The minimum Gasteiger partial charge on any atom is -0.440 e. The fraction of sp³-hybridized carbons (Fsp3) is 0.385. The molecule has 1 aromatic heterocycles. The molecule has 0 saturated carbocycles. The molecule has 35 heavy (non-hydrogen) atoms. The zero-order valence-electron chi connectivity index (χ0n) is 20.1. The molecule has 0 aliphatic carbocycles. The topological polar surface area (TPSA) is 87.1 Å². The highest BCUT2D eigenvalue weighted by Crippen LogP contribution is 2.25. The first-order valence-electron chi connectivity index (χ1n) is 11.8. The molecule has 0 bridgehead atoms. The number of nitrogens with zero attached hydrogens (tertiary/aromatic N) is 2. The zero-order valence-corrected chi connectivity index (χ0v) is 20.1. The van der Waals surface area contributed by atoms with Crippen molar-refractivity contribution in [1.29, 1.82) is 0 Å². The van der Waals surface area contributed by atoms with Crippen molar-refractivity contribution in [3.63, 3.8) is 0 Å². The van der Waals surface area contributed by atoms with E-state index in [1.807, 2.05) is 23.9 Å². The molecule has 0 radical (unpaired) electrons. The maximum absolute atomic E-state index is 13.2. The Morgan fingerprint density at radius 2 is 1.83 bits per heavy atom. The minimum absolute atomic E-state index is 0.191. The molecule has 1 aliphatic rings. The van der Waals surface area contributed by atoms with Crippen molar-refractivity contribution < 1.29 is 18.3 Å². The molecular weight excluding hydrogens is 451 g/mol. The predicted molar refractivity (Wildman–Crippen MR) is 135 cm³/mol. The number of rotatable bonds is 9. The van der Waals surface area contributed by atoms with Crippen LogP contribution in [0.4, 0.5) is 16.0 Å². The number of morpholine rings is 1. The van der Waals surface area contributed by atoms with Gasteiger partial charge in [0, 0.05) is 50.0 Å². The molecule has 4 rings (SSSR count). The van der Waals surface area contributed by atoms with Crippen LogP contribution in [0.15, 0.2) is 51.7 Å². The quantitative estimate of drug-likeness (QED) is 0.485. The maximum Gasteiger partial charge on any atom is 0.251 e. The fourth-order valence-corrected chi connectivity index (χ4v) is 3.98. The molecule has 9 heteroatoms. The van der Waals surface area contributed by atoms with E-state index in [2.05, 4.69) is 10.6 Å². The van der Waals surface area contributed by atoms with Gasteiger partial charge in [-0.05, 0) is 62.5 Å². The Bertz CT molecular complexity index is 1220. The minimum atomic E-state index is -0.299. The van der Waals surface area contributed by atoms with Gasteiger partial charge in [0.2, 0.25) is 0 Å². The Hall–Kier alpha value is -3.43. The van der Waals surface area contributed by atoms with Gasteiger partial charge < -0.3 is 29.6 Å². The molecule has 0 spiro atoms. The Kier molecular flexibility index (Phi) is 7.99. The molecule has 1 aliphatic heterocycles. The average Bonchev–Trinajstić information content (AvgIpc) is 2.85. The Morgan fingerprint density at radius 1 is 1.09 bits per heavy atom. The van der Waals surface area contributed by atoms with Gasteiger partial charge >= 0.3 is 0 Å². The largest absolute Gasteiger partial charge is 0.440 e. The third-order valence-corrected chi connectivity index (χ3v) is 5.89. The molecule has 3 aromatic rings. The van der Waals surface area contributed by atoms with E-state index in [1.165, 1.54) is 18.2 Å². The van der Waals surface area contributed by atoms with Gasteiger partial charge in [-0.1, -0.05) is 0 Å². The van der Waals surface area contributed by atoms with E-state index >= 15 is 0 Å². The Balaban J connectivity index is 1.64. The van der Waals surface area contributed by atoms with Crippen molar-refractivity contribution in [3.8, 4) is 0 Å². The summed E-state index contributed by atoms with van der Waals surface area (Å²) >= 11 is 0. The second-order valence-electron chi connectivity index (χ2n) is 8.80. The Labute approximate surface area is 203 Å². The van der Waals surface area contributed by atoms with Crippen molar-refractivity contribution in [2.24, 2.45) is 0 Å². The maximum atomic E-state index is 13.2. The second kappa shape index (κ2) is 11.3. The van der Waals surface area contributed by atoms with Crippen LogP contribution < -0.4 is 21.0 Å². The lowest BCUT2D eigenvalue weighted by molar-refractivity contribution is 0.0951. The van der Waals surface area contributed by atoms with Crippen LogP contribution in [0.2, 0.25) is 0 Å². The number of hydrogen-bond donors (Lipinski definition) is 2. The first-order valence-corrected chi connectivity index (χ1v) is 11.8. The van der Waals surface area contributed by atoms with Crippen molar-refractivity contribution in [2.75, 3.05) is 70.2 Å². The molecule has 0 atom stereocenters. The lowest BCUT2D eigenvalue weighted by Gasteiger charge is -2.27. The van der Waals surface area contributed by atoms with Gasteiger partial charge in [-0.3, -0.25) is 9.59 Å². The van der Waals surface area contributed by atoms with Crippen LogP contribution in [0.3, 0.4) is 0 Å². The molecule has 2 heterocycles. The zero-order chi connectivity index (χ0) is 24.8. The van der Waals surface area contributed by atoms with Crippen LogP contribution in [0.5, 0.6) is 0 Å². The molecule has 1 fully saturated rings. The number of likely N-dealkylation sites (N-methyl/N-ethyl adjacent to an activating group) is 1. The standard InChI is InChI=1S/C26H31FN4O4/c1-30(2)10-9-29-26(33)19-15-18(7-8-28-21-5-3-20(27)4-6-21)25-22(16-19)23(32)17-24(35-25)31-11-13-34-14-12-31/h3-6,15-17,28H,7-14H2,1-2H3,(H,29,33). The van der Waals surface area contributed by atoms with Crippen LogP contribution in [0.1, 0.15) is 15.9 Å². The van der Waals surface area contributed by atoms with Crippen LogP contribution in [-0.2, 0) is 11.2 Å². The van der Waals surface area contributed by atoms with Crippen molar-refractivity contribution in [1.82, 2.24) is 10.2 Å². The first kappa shape index (κ1) is 24.7. The molecule has 1 saturated heterocycles. The highest BCUT2D eigenvalue weighted by Gasteiger charge is 2.19. The number of hydrogen-bond acceptors (Lipinski definition) is 7. The Morgan fingerprint density at radius 3 is 2.54 bits per heavy atom. The number of nitrogens with one attached hydrogen (secondary N) is 2. The normalized spacial score (nSPS) is 13.9. The van der Waals surface area contributed by atoms with Gasteiger partial charge in [-0.25, -0.2) is 4.39 Å². The molecule has 8 nitrogen and oxygen atoms in total. The summed E-state index contributed by atoms with van der Waals surface area (Å²) in [7, 11) is 3.87. The summed E-state index contributed by atoms with van der Waals surface area (Å²) in [6, 6.07) is 11.0. The lowest BCUT2D eigenvalue weighted by Crippen LogP contribution is -2.36. The summed E-state index contributed by atoms with van der Waals surface area (Å²) in [6.45, 7) is 4.14. The summed E-state index contributed by atoms with van der Waals surface area (Å²) in [5.74, 6) is -0.0354. The third kappa shape index (κ3) is 6.37. The molecule has 0 unspecified atom stereocenters. The summed E-state index contributed by atoms with van der Waals surface area (Å²) in [4.78, 5) is 29.9. The fourth-order valence-electron chi connectivity index (χ4n) is 3.98. The number of amides is 1.